The Hall–Kier alpha value is -0.453. The first-order valence-electron chi connectivity index (χ1n) is 2.27. The van der Waals surface area contributed by atoms with Gasteiger partial charge in [-0.25, -0.2) is 4.39 Å². The maximum Gasteiger partial charge on any atom is 1.00 e. The Bertz CT molecular complexity index is 146. The third-order valence-corrected chi connectivity index (χ3v) is 0.832. The van der Waals surface area contributed by atoms with Gasteiger partial charge in [-0.2, -0.15) is 12.4 Å². The van der Waals surface area contributed by atoms with E-state index >= 15 is 0 Å². The fraction of sp³-hybridized carbons (Fsp3) is 0. The number of hydrogen-bond donors (Lipinski definition) is 0. The molecule has 0 N–H and O–H groups in total. The Kier molecular flexibility index (Phi) is 4.21. The van der Waals surface area contributed by atoms with Crippen LogP contribution < -0.4 is 18.9 Å². The van der Waals surface area contributed by atoms with E-state index in [2.05, 4.69) is 5.32 Å². The number of hydrogen-bond acceptors (Lipinski definition) is 0. The van der Waals surface area contributed by atoms with Crippen LogP contribution in [0, 0.1) is 0 Å². The van der Waals surface area contributed by atoms with Crippen molar-refractivity contribution >= 4 is 0 Å². The standard InChI is InChI=1S/C6H5FN.Li/c7-5-6-1-3-8-4-2-6;/h1-5H;/q-1;+1. The van der Waals surface area contributed by atoms with E-state index in [0.29, 0.717) is 11.9 Å². The average molecular weight is 117 g/mol. The molecular weight excluding hydrogens is 112 g/mol. The van der Waals surface area contributed by atoms with E-state index in [9.17, 15) is 4.39 Å². The summed E-state index contributed by atoms with van der Waals surface area (Å²) >= 11 is 0. The molecule has 0 atom stereocenters. The van der Waals surface area contributed by atoms with Crippen molar-refractivity contribution in [2.24, 2.45) is 0 Å². The molecule has 0 amide bonds. The molecule has 0 saturated carbocycles. The van der Waals surface area contributed by atoms with Gasteiger partial charge in [0.1, 0.15) is 0 Å². The van der Waals surface area contributed by atoms with Gasteiger partial charge in [-0.05, 0) is 5.57 Å². The minimum atomic E-state index is 0. The van der Waals surface area contributed by atoms with Gasteiger partial charge in [0, 0.05) is 0 Å². The minimum Gasteiger partial charge on any atom is -0.670 e. The number of halogens is 1. The zero-order valence-corrected chi connectivity index (χ0v) is 5.21. The zero-order valence-electron chi connectivity index (χ0n) is 5.21. The van der Waals surface area contributed by atoms with Crippen molar-refractivity contribution in [3.05, 3.63) is 41.8 Å². The number of allylic oxidation sites excluding steroid dienone is 3. The van der Waals surface area contributed by atoms with Crippen LogP contribution in [0.5, 0.6) is 0 Å². The van der Waals surface area contributed by atoms with Gasteiger partial charge in [0.25, 0.3) is 0 Å². The first kappa shape index (κ1) is 8.55. The molecule has 42 valence electrons. The molecular formula is C6H5FLiN. The van der Waals surface area contributed by atoms with E-state index in [1.54, 1.807) is 24.6 Å². The molecule has 0 unspecified atom stereocenters. The molecule has 0 aromatic heterocycles. The number of nitrogens with zero attached hydrogens (tertiary/aromatic N) is 1. The van der Waals surface area contributed by atoms with Crippen molar-refractivity contribution in [2.75, 3.05) is 0 Å². The zero-order chi connectivity index (χ0) is 5.82. The van der Waals surface area contributed by atoms with Gasteiger partial charge in [0.15, 0.2) is 0 Å². The van der Waals surface area contributed by atoms with E-state index in [1.807, 2.05) is 0 Å². The van der Waals surface area contributed by atoms with E-state index in [4.69, 9.17) is 0 Å². The predicted octanol–water partition coefficient (Wildman–Crippen LogP) is -0.742. The maximum atomic E-state index is 11.6. The molecule has 1 aliphatic rings. The topological polar surface area (TPSA) is 14.1 Å². The molecule has 0 radical (unpaired) electrons. The van der Waals surface area contributed by atoms with Gasteiger partial charge in [0.05, 0.1) is 6.33 Å². The van der Waals surface area contributed by atoms with Crippen LogP contribution in [0.1, 0.15) is 0 Å². The Morgan fingerprint density at radius 2 is 1.89 bits per heavy atom. The smallest absolute Gasteiger partial charge is 0.670 e. The van der Waals surface area contributed by atoms with E-state index in [-0.39, 0.29) is 18.9 Å². The van der Waals surface area contributed by atoms with Crippen molar-refractivity contribution < 1.29 is 23.3 Å². The first-order chi connectivity index (χ1) is 3.93. The van der Waals surface area contributed by atoms with Crippen molar-refractivity contribution in [3.63, 3.8) is 0 Å². The molecule has 1 rings (SSSR count). The first-order valence-corrected chi connectivity index (χ1v) is 2.27. The second-order valence-electron chi connectivity index (χ2n) is 1.39. The summed E-state index contributed by atoms with van der Waals surface area (Å²) in [4.78, 5) is 0. The molecule has 0 spiro atoms. The molecule has 0 fully saturated rings. The Morgan fingerprint density at radius 3 is 2.22 bits per heavy atom. The van der Waals surface area contributed by atoms with Crippen molar-refractivity contribution in [1.29, 1.82) is 0 Å². The number of rotatable bonds is 0. The van der Waals surface area contributed by atoms with Crippen LogP contribution in [-0.4, -0.2) is 0 Å². The second kappa shape index (κ2) is 4.43. The van der Waals surface area contributed by atoms with Crippen LogP contribution in [0.2, 0.25) is 0 Å². The molecule has 0 aromatic carbocycles. The summed E-state index contributed by atoms with van der Waals surface area (Å²) in [6.07, 6.45) is 6.83. The molecule has 0 aromatic rings. The van der Waals surface area contributed by atoms with Gasteiger partial charge < -0.3 is 5.32 Å². The summed E-state index contributed by atoms with van der Waals surface area (Å²) in [5.74, 6) is 0. The van der Waals surface area contributed by atoms with Crippen LogP contribution in [0.25, 0.3) is 5.32 Å². The van der Waals surface area contributed by atoms with Crippen LogP contribution >= 0.6 is 0 Å². The molecule has 1 nitrogen and oxygen atoms in total. The second-order valence-corrected chi connectivity index (χ2v) is 1.39. The molecule has 0 bridgehead atoms. The van der Waals surface area contributed by atoms with Gasteiger partial charge in [-0.3, -0.25) is 0 Å². The Balaban J connectivity index is 0.000000640. The van der Waals surface area contributed by atoms with E-state index in [0.717, 1.165) is 0 Å². The largest absolute Gasteiger partial charge is 1.00 e. The Labute approximate surface area is 65.5 Å². The van der Waals surface area contributed by atoms with Gasteiger partial charge in [0.2, 0.25) is 0 Å². The molecule has 0 aliphatic carbocycles. The van der Waals surface area contributed by atoms with Crippen molar-refractivity contribution in [2.45, 2.75) is 0 Å². The van der Waals surface area contributed by atoms with Crippen molar-refractivity contribution in [3.8, 4) is 0 Å². The summed E-state index contributed by atoms with van der Waals surface area (Å²) in [6.45, 7) is 0. The minimum absolute atomic E-state index is 0. The molecule has 1 aliphatic heterocycles. The van der Waals surface area contributed by atoms with Gasteiger partial charge in [-0.15, -0.1) is 0 Å². The third kappa shape index (κ3) is 2.55. The maximum absolute atomic E-state index is 11.6. The quantitative estimate of drug-likeness (QED) is 0.371. The summed E-state index contributed by atoms with van der Waals surface area (Å²) in [5.41, 5.74) is 0.556. The third-order valence-electron chi connectivity index (χ3n) is 0.832. The molecule has 1 heterocycles. The predicted molar refractivity (Wildman–Crippen MR) is 30.8 cm³/mol. The molecule has 0 saturated heterocycles. The summed E-state index contributed by atoms with van der Waals surface area (Å²) in [5, 5.41) is 3.71. The fourth-order valence-electron chi connectivity index (χ4n) is 0.436. The van der Waals surface area contributed by atoms with Crippen LogP contribution in [-0.2, 0) is 0 Å². The SMILES string of the molecule is FC=C1C=C[N-]C=C1.[Li+]. The normalized spacial score (nSPS) is 14.1. The monoisotopic (exact) mass is 117 g/mol. The Morgan fingerprint density at radius 1 is 1.33 bits per heavy atom. The van der Waals surface area contributed by atoms with Crippen molar-refractivity contribution in [1.82, 2.24) is 0 Å². The summed E-state index contributed by atoms with van der Waals surface area (Å²) in [7, 11) is 0. The molecule has 9 heavy (non-hydrogen) atoms. The van der Waals surface area contributed by atoms with Gasteiger partial charge >= 0.3 is 18.9 Å². The van der Waals surface area contributed by atoms with Gasteiger partial charge in [-0.1, -0.05) is 12.2 Å². The van der Waals surface area contributed by atoms with Crippen LogP contribution in [0.15, 0.2) is 36.5 Å². The summed E-state index contributed by atoms with van der Waals surface area (Å²) < 4.78 is 11.6. The van der Waals surface area contributed by atoms with Crippen LogP contribution in [0.4, 0.5) is 4.39 Å². The fourth-order valence-corrected chi connectivity index (χ4v) is 0.436. The summed E-state index contributed by atoms with van der Waals surface area (Å²) in [6, 6.07) is 0. The van der Waals surface area contributed by atoms with E-state index < -0.39 is 0 Å². The van der Waals surface area contributed by atoms with E-state index in [1.165, 1.54) is 0 Å². The average Bonchev–Trinajstić information content (AvgIpc) is 1.90. The molecule has 3 heteroatoms. The van der Waals surface area contributed by atoms with Crippen LogP contribution in [0.3, 0.4) is 0 Å².